The highest BCUT2D eigenvalue weighted by Crippen LogP contribution is 2.23. The van der Waals surface area contributed by atoms with Crippen molar-refractivity contribution in [2.45, 2.75) is 6.54 Å². The van der Waals surface area contributed by atoms with Crippen LogP contribution in [0.1, 0.15) is 11.5 Å². The van der Waals surface area contributed by atoms with E-state index in [1.807, 2.05) is 24.3 Å². The average molecular weight is 250 g/mol. The summed E-state index contributed by atoms with van der Waals surface area (Å²) in [5, 5.41) is 21.1. The first kappa shape index (κ1) is 11.2. The van der Waals surface area contributed by atoms with Crippen molar-refractivity contribution in [1.29, 1.82) is 5.26 Å². The van der Waals surface area contributed by atoms with Crippen LogP contribution in [0.25, 0.3) is 10.9 Å². The molecule has 0 unspecified atom stereocenters. The SMILES string of the molecule is N#Cc1nnc2ccccc2c1NCc1ncc[nH]1. The normalized spacial score (nSPS) is 10.3. The number of hydrogen-bond acceptors (Lipinski definition) is 5. The number of nitrogens with one attached hydrogen (secondary N) is 2. The Labute approximate surface area is 109 Å². The first-order valence-electron chi connectivity index (χ1n) is 5.76. The lowest BCUT2D eigenvalue weighted by Crippen LogP contribution is -2.05. The topological polar surface area (TPSA) is 90.3 Å². The molecule has 1 aromatic carbocycles. The van der Waals surface area contributed by atoms with Crippen LogP contribution in [0, 0.1) is 11.3 Å². The van der Waals surface area contributed by atoms with Crippen LogP contribution >= 0.6 is 0 Å². The number of H-pyrrole nitrogens is 1. The van der Waals surface area contributed by atoms with Crippen molar-refractivity contribution in [2.75, 3.05) is 5.32 Å². The van der Waals surface area contributed by atoms with Crippen LogP contribution in [0.2, 0.25) is 0 Å². The number of anilines is 1. The molecular weight excluding hydrogens is 240 g/mol. The van der Waals surface area contributed by atoms with E-state index in [9.17, 15) is 0 Å². The van der Waals surface area contributed by atoms with Crippen LogP contribution in [0.15, 0.2) is 36.7 Å². The summed E-state index contributed by atoms with van der Waals surface area (Å²) in [5.74, 6) is 0.796. The molecule has 2 aromatic heterocycles. The van der Waals surface area contributed by atoms with Gasteiger partial charge in [-0.05, 0) is 6.07 Å². The predicted molar refractivity (Wildman–Crippen MR) is 70.2 cm³/mol. The maximum atomic E-state index is 9.12. The molecule has 2 N–H and O–H groups in total. The van der Waals surface area contributed by atoms with Crippen molar-refractivity contribution in [1.82, 2.24) is 20.2 Å². The van der Waals surface area contributed by atoms with E-state index in [0.717, 1.165) is 16.7 Å². The molecule has 0 aliphatic rings. The second-order valence-corrected chi connectivity index (χ2v) is 3.94. The Bertz CT molecular complexity index is 741. The van der Waals surface area contributed by atoms with E-state index in [1.54, 1.807) is 12.4 Å². The fraction of sp³-hybridized carbons (Fsp3) is 0.0769. The third-order valence-electron chi connectivity index (χ3n) is 2.76. The molecule has 92 valence electrons. The second kappa shape index (κ2) is 4.74. The summed E-state index contributed by atoms with van der Waals surface area (Å²) in [7, 11) is 0. The molecule has 19 heavy (non-hydrogen) atoms. The Hall–Kier alpha value is -2.94. The van der Waals surface area contributed by atoms with E-state index in [4.69, 9.17) is 5.26 Å². The molecule has 0 atom stereocenters. The molecular formula is C13H10N6. The van der Waals surface area contributed by atoms with Gasteiger partial charge >= 0.3 is 0 Å². The van der Waals surface area contributed by atoms with Gasteiger partial charge in [0.2, 0.25) is 0 Å². The zero-order valence-corrected chi connectivity index (χ0v) is 9.96. The van der Waals surface area contributed by atoms with Gasteiger partial charge in [-0.2, -0.15) is 5.26 Å². The van der Waals surface area contributed by atoms with Gasteiger partial charge in [-0.15, -0.1) is 10.2 Å². The van der Waals surface area contributed by atoms with E-state index in [1.165, 1.54) is 0 Å². The molecule has 2 heterocycles. The number of nitriles is 1. The van der Waals surface area contributed by atoms with E-state index in [2.05, 4.69) is 31.6 Å². The molecule has 0 saturated carbocycles. The fourth-order valence-corrected chi connectivity index (χ4v) is 1.88. The third-order valence-corrected chi connectivity index (χ3v) is 2.76. The number of hydrogen-bond donors (Lipinski definition) is 2. The summed E-state index contributed by atoms with van der Waals surface area (Å²) >= 11 is 0. The molecule has 0 aliphatic heterocycles. The van der Waals surface area contributed by atoms with Crippen LogP contribution in [0.5, 0.6) is 0 Å². The number of rotatable bonds is 3. The number of aromatic nitrogens is 4. The van der Waals surface area contributed by atoms with Crippen molar-refractivity contribution >= 4 is 16.6 Å². The Balaban J connectivity index is 2.02. The molecule has 6 heteroatoms. The zero-order chi connectivity index (χ0) is 13.1. The fourth-order valence-electron chi connectivity index (χ4n) is 1.88. The number of fused-ring (bicyclic) bond motifs is 1. The first-order valence-corrected chi connectivity index (χ1v) is 5.76. The summed E-state index contributed by atoms with van der Waals surface area (Å²) in [6.45, 7) is 0.497. The van der Waals surface area contributed by atoms with Gasteiger partial charge in [0.05, 0.1) is 17.7 Å². The second-order valence-electron chi connectivity index (χ2n) is 3.94. The summed E-state index contributed by atoms with van der Waals surface area (Å²) in [5.41, 5.74) is 1.72. The smallest absolute Gasteiger partial charge is 0.186 e. The van der Waals surface area contributed by atoms with Crippen LogP contribution < -0.4 is 5.32 Å². The Morgan fingerprint density at radius 1 is 1.26 bits per heavy atom. The van der Waals surface area contributed by atoms with Crippen molar-refractivity contribution in [3.8, 4) is 6.07 Å². The lowest BCUT2D eigenvalue weighted by atomic mass is 10.1. The van der Waals surface area contributed by atoms with E-state index in [-0.39, 0.29) is 5.69 Å². The molecule has 0 bridgehead atoms. The number of aromatic amines is 1. The van der Waals surface area contributed by atoms with Crippen LogP contribution in [0.3, 0.4) is 0 Å². The molecule has 0 radical (unpaired) electrons. The highest BCUT2D eigenvalue weighted by atomic mass is 15.1. The standard InChI is InChI=1S/C13H10N6/c14-7-11-13(17-8-12-15-5-6-16-12)9-3-1-2-4-10(9)18-19-11/h1-6H,8H2,(H,15,16)(H,17,18). The third kappa shape index (κ3) is 2.09. The Morgan fingerprint density at radius 2 is 2.16 bits per heavy atom. The van der Waals surface area contributed by atoms with Crippen molar-refractivity contribution in [2.24, 2.45) is 0 Å². The first-order chi connectivity index (χ1) is 9.38. The largest absolute Gasteiger partial charge is 0.375 e. The number of nitrogens with zero attached hydrogens (tertiary/aromatic N) is 4. The molecule has 0 saturated heterocycles. The van der Waals surface area contributed by atoms with Crippen LogP contribution in [0.4, 0.5) is 5.69 Å². The van der Waals surface area contributed by atoms with E-state index >= 15 is 0 Å². The Morgan fingerprint density at radius 3 is 2.95 bits per heavy atom. The summed E-state index contributed by atoms with van der Waals surface area (Å²) in [6, 6.07) is 9.62. The molecule has 0 fully saturated rings. The van der Waals surface area contributed by atoms with Gasteiger partial charge in [-0.3, -0.25) is 0 Å². The zero-order valence-electron chi connectivity index (χ0n) is 9.96. The average Bonchev–Trinajstić information content (AvgIpc) is 2.97. The summed E-state index contributed by atoms with van der Waals surface area (Å²) in [6.07, 6.45) is 3.44. The number of imidazole rings is 1. The highest BCUT2D eigenvalue weighted by Gasteiger charge is 2.10. The van der Waals surface area contributed by atoms with Crippen molar-refractivity contribution in [3.63, 3.8) is 0 Å². The minimum Gasteiger partial charge on any atom is -0.375 e. The monoisotopic (exact) mass is 250 g/mol. The van der Waals surface area contributed by atoms with Gasteiger partial charge in [-0.25, -0.2) is 4.98 Å². The van der Waals surface area contributed by atoms with Crippen molar-refractivity contribution < 1.29 is 0 Å². The van der Waals surface area contributed by atoms with Crippen molar-refractivity contribution in [3.05, 3.63) is 48.2 Å². The minimum absolute atomic E-state index is 0.283. The highest BCUT2D eigenvalue weighted by molar-refractivity contribution is 5.92. The maximum Gasteiger partial charge on any atom is 0.186 e. The lowest BCUT2D eigenvalue weighted by Gasteiger charge is -2.08. The van der Waals surface area contributed by atoms with E-state index in [0.29, 0.717) is 12.2 Å². The van der Waals surface area contributed by atoms with Gasteiger partial charge in [0.25, 0.3) is 0 Å². The van der Waals surface area contributed by atoms with Crippen LogP contribution in [-0.4, -0.2) is 20.2 Å². The predicted octanol–water partition coefficient (Wildman–Crippen LogP) is 1.84. The van der Waals surface area contributed by atoms with Gasteiger partial charge in [-0.1, -0.05) is 18.2 Å². The van der Waals surface area contributed by atoms with Crippen LogP contribution in [-0.2, 0) is 6.54 Å². The maximum absolute atomic E-state index is 9.12. The summed E-state index contributed by atoms with van der Waals surface area (Å²) in [4.78, 5) is 7.13. The van der Waals surface area contributed by atoms with Gasteiger partial charge in [0.15, 0.2) is 5.69 Å². The quantitative estimate of drug-likeness (QED) is 0.740. The molecule has 3 rings (SSSR count). The molecule has 0 spiro atoms. The molecule has 0 amide bonds. The van der Waals surface area contributed by atoms with Gasteiger partial charge in [0, 0.05) is 17.8 Å². The number of benzene rings is 1. The Kier molecular flexibility index (Phi) is 2.79. The summed E-state index contributed by atoms with van der Waals surface area (Å²) < 4.78 is 0. The van der Waals surface area contributed by atoms with Gasteiger partial charge in [0.1, 0.15) is 11.9 Å². The molecule has 3 aromatic rings. The molecule has 6 nitrogen and oxygen atoms in total. The van der Waals surface area contributed by atoms with E-state index < -0.39 is 0 Å². The minimum atomic E-state index is 0.283. The molecule has 0 aliphatic carbocycles. The van der Waals surface area contributed by atoms with Gasteiger partial charge < -0.3 is 10.3 Å². The lowest BCUT2D eigenvalue weighted by molar-refractivity contribution is 0.986.